The van der Waals surface area contributed by atoms with Crippen LogP contribution in [0.1, 0.15) is 36.0 Å². The smallest absolute Gasteiger partial charge is 0.342 e. The van der Waals surface area contributed by atoms with Crippen LogP contribution >= 0.6 is 0 Å². The van der Waals surface area contributed by atoms with E-state index >= 15 is 0 Å². The minimum Gasteiger partial charge on any atom is -0.495 e. The van der Waals surface area contributed by atoms with Gasteiger partial charge in [-0.15, -0.1) is 0 Å². The number of alkyl halides is 2. The number of carbonyl (C=O) groups is 2. The van der Waals surface area contributed by atoms with Gasteiger partial charge in [0.2, 0.25) is 5.95 Å². The number of halogens is 2. The Balaban J connectivity index is 1.79. The molecule has 0 unspecified atom stereocenters. The van der Waals surface area contributed by atoms with Crippen LogP contribution in [-0.4, -0.2) is 66.7 Å². The molecule has 9 nitrogen and oxygen atoms in total. The molecule has 0 bridgehead atoms. The summed E-state index contributed by atoms with van der Waals surface area (Å²) >= 11 is 0. The average Bonchev–Trinajstić information content (AvgIpc) is 3.32. The monoisotopic (exact) mass is 461 g/mol. The minimum absolute atomic E-state index is 0.0571. The summed E-state index contributed by atoms with van der Waals surface area (Å²) < 4.78 is 34.8. The molecule has 1 aliphatic carbocycles. The van der Waals surface area contributed by atoms with E-state index in [0.29, 0.717) is 11.4 Å². The Kier molecular flexibility index (Phi) is 5.81. The summed E-state index contributed by atoms with van der Waals surface area (Å²) in [6, 6.07) is 4.23. The average molecular weight is 461 g/mol. The van der Waals surface area contributed by atoms with Crippen LogP contribution in [0.4, 0.5) is 31.9 Å². The van der Waals surface area contributed by atoms with Gasteiger partial charge in [-0.2, -0.15) is 13.8 Å². The molecule has 4 rings (SSSR count). The Morgan fingerprint density at radius 1 is 1.30 bits per heavy atom. The number of amides is 1. The molecule has 1 aromatic heterocycles. The van der Waals surface area contributed by atoms with Gasteiger partial charge in [0.15, 0.2) is 5.82 Å². The quantitative estimate of drug-likeness (QED) is 0.724. The molecule has 2 aliphatic rings. The number of fused-ring (bicyclic) bond motifs is 1. The summed E-state index contributed by atoms with van der Waals surface area (Å²) in [6.07, 6.45) is 4.71. The zero-order valence-corrected chi connectivity index (χ0v) is 18.6. The maximum Gasteiger partial charge on any atom is 0.342 e. The lowest BCUT2D eigenvalue weighted by atomic mass is 10.2. The lowest BCUT2D eigenvalue weighted by Gasteiger charge is -2.31. The second kappa shape index (κ2) is 8.45. The molecular weight excluding hydrogens is 436 g/mol. The fourth-order valence-corrected chi connectivity index (χ4v) is 4.39. The third kappa shape index (κ3) is 4.03. The van der Waals surface area contributed by atoms with Crippen LogP contribution in [-0.2, 0) is 4.79 Å². The van der Waals surface area contributed by atoms with E-state index in [-0.39, 0.29) is 29.1 Å². The molecule has 176 valence electrons. The minimum atomic E-state index is -3.56. The van der Waals surface area contributed by atoms with E-state index in [1.165, 1.54) is 37.4 Å². The van der Waals surface area contributed by atoms with Crippen LogP contribution in [0.5, 0.6) is 5.75 Å². The molecule has 33 heavy (non-hydrogen) atoms. The van der Waals surface area contributed by atoms with E-state index in [1.54, 1.807) is 18.0 Å². The number of rotatable bonds is 5. The molecule has 1 aromatic carbocycles. The number of aromatic nitrogens is 2. The van der Waals surface area contributed by atoms with E-state index in [0.717, 1.165) is 30.6 Å². The van der Waals surface area contributed by atoms with Crippen LogP contribution < -0.4 is 19.4 Å². The Morgan fingerprint density at radius 3 is 2.64 bits per heavy atom. The van der Waals surface area contributed by atoms with Gasteiger partial charge in [-0.25, -0.2) is 9.78 Å². The van der Waals surface area contributed by atoms with Crippen LogP contribution in [0, 0.1) is 0 Å². The van der Waals surface area contributed by atoms with Crippen molar-refractivity contribution in [3.8, 4) is 5.75 Å². The molecule has 1 amide bonds. The standard InChI is InChI=1S/C22H25F2N5O4/c1-27-16-11-25-21(28(2)15-9-8-13(19(30)31)10-17(15)33-3)26-18(16)29(14-6-4-5-7-14)12-22(23,24)20(27)32/h8-11,14H,4-7,12H2,1-3H3,(H,30,31). The molecule has 0 radical (unpaired) electrons. The van der Waals surface area contributed by atoms with Crippen LogP contribution in [0.15, 0.2) is 24.4 Å². The number of carboxylic acid groups (broad SMARTS) is 1. The maximum atomic E-state index is 14.7. The Hall–Kier alpha value is -3.50. The van der Waals surface area contributed by atoms with Gasteiger partial charge < -0.3 is 24.5 Å². The first-order chi connectivity index (χ1) is 15.6. The van der Waals surface area contributed by atoms with E-state index in [2.05, 4.69) is 9.97 Å². The first kappa shape index (κ1) is 22.7. The van der Waals surface area contributed by atoms with Crippen molar-refractivity contribution < 1.29 is 28.2 Å². The van der Waals surface area contributed by atoms with Crippen molar-refractivity contribution in [3.63, 3.8) is 0 Å². The summed E-state index contributed by atoms with van der Waals surface area (Å²) in [5.74, 6) is -5.18. The molecule has 0 atom stereocenters. The lowest BCUT2D eigenvalue weighted by Crippen LogP contribution is -2.48. The highest BCUT2D eigenvalue weighted by atomic mass is 19.3. The van der Waals surface area contributed by atoms with Crippen LogP contribution in [0.2, 0.25) is 0 Å². The van der Waals surface area contributed by atoms with Gasteiger partial charge in [0.25, 0.3) is 5.91 Å². The van der Waals surface area contributed by atoms with E-state index in [1.807, 2.05) is 0 Å². The van der Waals surface area contributed by atoms with Crippen molar-refractivity contribution in [2.24, 2.45) is 0 Å². The van der Waals surface area contributed by atoms with E-state index in [4.69, 9.17) is 4.74 Å². The molecule has 11 heteroatoms. The highest BCUT2D eigenvalue weighted by Crippen LogP contribution is 2.41. The Labute approximate surface area is 189 Å². The van der Waals surface area contributed by atoms with Crippen molar-refractivity contribution in [2.75, 3.05) is 42.4 Å². The van der Waals surface area contributed by atoms with Crippen molar-refractivity contribution in [2.45, 2.75) is 37.6 Å². The van der Waals surface area contributed by atoms with Gasteiger partial charge in [-0.05, 0) is 31.0 Å². The number of anilines is 4. The fourth-order valence-electron chi connectivity index (χ4n) is 4.39. The zero-order chi connectivity index (χ0) is 23.9. The molecule has 1 fully saturated rings. The molecule has 0 saturated heterocycles. The third-order valence-electron chi connectivity index (χ3n) is 6.21. The Bertz CT molecular complexity index is 1090. The largest absolute Gasteiger partial charge is 0.495 e. The molecule has 2 aromatic rings. The molecular formula is C22H25F2N5O4. The second-order valence-corrected chi connectivity index (χ2v) is 8.26. The number of methoxy groups -OCH3 is 1. The summed E-state index contributed by atoms with van der Waals surface area (Å²) in [6.45, 7) is -0.745. The number of carboxylic acids is 1. The molecule has 1 N–H and O–H groups in total. The molecule has 0 spiro atoms. The fraction of sp³-hybridized carbons (Fsp3) is 0.455. The van der Waals surface area contributed by atoms with Crippen molar-refractivity contribution >= 4 is 35.0 Å². The highest BCUT2D eigenvalue weighted by molar-refractivity contribution is 6.02. The van der Waals surface area contributed by atoms with Crippen LogP contribution in [0.3, 0.4) is 0 Å². The number of benzene rings is 1. The summed E-state index contributed by atoms with van der Waals surface area (Å²) in [4.78, 5) is 36.7. The van der Waals surface area contributed by atoms with Gasteiger partial charge in [-0.1, -0.05) is 12.8 Å². The number of ether oxygens (including phenoxy) is 1. The third-order valence-corrected chi connectivity index (χ3v) is 6.21. The Morgan fingerprint density at radius 2 is 2.00 bits per heavy atom. The topological polar surface area (TPSA) is 99.1 Å². The SMILES string of the molecule is COc1cc(C(=O)O)ccc1N(C)c1ncc2c(n1)N(C1CCCC1)CC(F)(F)C(=O)N2C. The van der Waals surface area contributed by atoms with E-state index < -0.39 is 24.3 Å². The lowest BCUT2D eigenvalue weighted by molar-refractivity contribution is -0.140. The number of aromatic carboxylic acids is 1. The van der Waals surface area contributed by atoms with Gasteiger partial charge in [0.1, 0.15) is 11.4 Å². The number of carbonyl (C=O) groups excluding carboxylic acids is 1. The summed E-state index contributed by atoms with van der Waals surface area (Å²) in [5.41, 5.74) is 0.772. The number of nitrogens with zero attached hydrogens (tertiary/aromatic N) is 5. The molecule has 1 aliphatic heterocycles. The highest BCUT2D eigenvalue weighted by Gasteiger charge is 2.48. The van der Waals surface area contributed by atoms with Crippen LogP contribution in [0.25, 0.3) is 0 Å². The first-order valence-electron chi connectivity index (χ1n) is 10.6. The van der Waals surface area contributed by atoms with Crippen molar-refractivity contribution in [1.29, 1.82) is 0 Å². The zero-order valence-electron chi connectivity index (χ0n) is 18.6. The summed E-state index contributed by atoms with van der Waals surface area (Å²) in [5, 5.41) is 9.24. The van der Waals surface area contributed by atoms with Gasteiger partial charge in [0.05, 0.1) is 31.1 Å². The van der Waals surface area contributed by atoms with Gasteiger partial charge >= 0.3 is 11.9 Å². The normalized spacial score (nSPS) is 18.2. The first-order valence-corrected chi connectivity index (χ1v) is 10.6. The number of hydrogen-bond donors (Lipinski definition) is 1. The molecule has 1 saturated carbocycles. The second-order valence-electron chi connectivity index (χ2n) is 8.26. The van der Waals surface area contributed by atoms with Gasteiger partial charge in [0, 0.05) is 20.1 Å². The van der Waals surface area contributed by atoms with E-state index in [9.17, 15) is 23.5 Å². The van der Waals surface area contributed by atoms with Crippen molar-refractivity contribution in [1.82, 2.24) is 9.97 Å². The van der Waals surface area contributed by atoms with Gasteiger partial charge in [-0.3, -0.25) is 4.79 Å². The predicted octanol–water partition coefficient (Wildman–Crippen LogP) is 3.31. The number of hydrogen-bond acceptors (Lipinski definition) is 7. The molecule has 2 heterocycles. The maximum absolute atomic E-state index is 14.7. The summed E-state index contributed by atoms with van der Waals surface area (Å²) in [7, 11) is 4.38. The predicted molar refractivity (Wildman–Crippen MR) is 118 cm³/mol. The van der Waals surface area contributed by atoms with Crippen molar-refractivity contribution in [3.05, 3.63) is 30.0 Å².